The predicted octanol–water partition coefficient (Wildman–Crippen LogP) is 1.42. The molecule has 2 heterocycles. The summed E-state index contributed by atoms with van der Waals surface area (Å²) in [6, 6.07) is 3.39. The number of rotatable bonds is 2. The van der Waals surface area contributed by atoms with Crippen LogP contribution >= 0.6 is 0 Å². The van der Waals surface area contributed by atoms with Crippen molar-refractivity contribution in [3.63, 3.8) is 0 Å². The van der Waals surface area contributed by atoms with E-state index in [2.05, 4.69) is 10.3 Å². The lowest BCUT2D eigenvalue weighted by Crippen LogP contribution is -2.41. The fourth-order valence-electron chi connectivity index (χ4n) is 1.64. The van der Waals surface area contributed by atoms with Gasteiger partial charge in [0.15, 0.2) is 0 Å². The van der Waals surface area contributed by atoms with Crippen molar-refractivity contribution in [3.05, 3.63) is 18.3 Å². The zero-order valence-electron chi connectivity index (χ0n) is 13.6. The number of nitrogens with zero attached hydrogens (tertiary/aromatic N) is 1. The molecule has 4 nitrogen and oxygen atoms in total. The Bertz CT molecular complexity index is 490. The van der Waals surface area contributed by atoms with Crippen molar-refractivity contribution in [2.24, 2.45) is 0 Å². The summed E-state index contributed by atoms with van der Waals surface area (Å²) < 4.78 is 33.4. The van der Waals surface area contributed by atoms with Crippen LogP contribution in [0.4, 0.5) is 5.82 Å². The van der Waals surface area contributed by atoms with Crippen molar-refractivity contribution in [2.45, 2.75) is 38.9 Å². The van der Waals surface area contributed by atoms with Gasteiger partial charge in [0.25, 0.3) is 0 Å². The van der Waals surface area contributed by atoms with E-state index in [1.165, 1.54) is 6.20 Å². The number of nitrogens with one attached hydrogen (secondary N) is 1. The van der Waals surface area contributed by atoms with Crippen LogP contribution < -0.4 is 10.8 Å². The van der Waals surface area contributed by atoms with E-state index in [1.54, 1.807) is 12.1 Å². The first-order valence-electron chi connectivity index (χ1n) is 7.10. The van der Waals surface area contributed by atoms with E-state index >= 15 is 0 Å². The number of hydrogen-bond acceptors (Lipinski definition) is 4. The molecule has 0 aliphatic carbocycles. The smallest absolute Gasteiger partial charge is 0.399 e. The normalized spacial score (nSPS) is 24.9. The molecule has 0 saturated carbocycles. The number of aromatic nitrogens is 1. The first-order chi connectivity index (χ1) is 9.00. The Balaban J connectivity index is 2.21. The molecule has 5 heteroatoms. The minimum atomic E-state index is -2.28. The Morgan fingerprint density at radius 3 is 2.53 bits per heavy atom. The highest BCUT2D eigenvalue weighted by atomic mass is 16.7. The van der Waals surface area contributed by atoms with Gasteiger partial charge in [-0.1, -0.05) is 0 Å². The van der Waals surface area contributed by atoms with Crippen LogP contribution in [0.15, 0.2) is 18.3 Å². The lowest BCUT2D eigenvalue weighted by molar-refractivity contribution is 0.00578. The summed E-state index contributed by atoms with van der Waals surface area (Å²) in [7, 11) is -0.528. The van der Waals surface area contributed by atoms with Gasteiger partial charge in [0.2, 0.25) is 0 Å². The summed E-state index contributed by atoms with van der Waals surface area (Å²) in [4.78, 5) is 3.99. The molecule has 1 aromatic heterocycles. The van der Waals surface area contributed by atoms with Crippen LogP contribution in [0.25, 0.3) is 0 Å². The van der Waals surface area contributed by atoms with Gasteiger partial charge in [-0.15, -0.1) is 0 Å². The molecule has 1 saturated heterocycles. The predicted molar refractivity (Wildman–Crippen MR) is 69.5 cm³/mol. The summed E-state index contributed by atoms with van der Waals surface area (Å²) in [5.74, 6) is 0.275. The zero-order valence-corrected chi connectivity index (χ0v) is 10.6. The van der Waals surface area contributed by atoms with Crippen LogP contribution in [0, 0.1) is 0 Å². The van der Waals surface area contributed by atoms with E-state index in [1.807, 2.05) is 27.7 Å². The average molecular weight is 237 g/mol. The standard InChI is InChI=1S/C12H19BN2O2/c1-11(2)12(3,4)17-13(16-11)9-6-7-15-10(8-9)14-5/h6-8H,1-5H3,(H,14,15)/i5D3. The second kappa shape index (κ2) is 4.00. The van der Waals surface area contributed by atoms with Gasteiger partial charge >= 0.3 is 7.12 Å². The lowest BCUT2D eigenvalue weighted by Gasteiger charge is -2.32. The molecular formula is C12H19BN2O2. The summed E-state index contributed by atoms with van der Waals surface area (Å²) in [5.41, 5.74) is -0.123. The average Bonchev–Trinajstić information content (AvgIpc) is 2.46. The Labute approximate surface area is 107 Å². The molecule has 1 aromatic rings. The topological polar surface area (TPSA) is 43.4 Å². The molecule has 0 unspecified atom stereocenters. The van der Waals surface area contributed by atoms with Gasteiger partial charge in [-0.3, -0.25) is 0 Å². The van der Waals surface area contributed by atoms with Crippen molar-refractivity contribution in [3.8, 4) is 0 Å². The fraction of sp³-hybridized carbons (Fsp3) is 0.583. The largest absolute Gasteiger partial charge is 0.495 e. The third kappa shape index (κ3) is 2.17. The number of hydrogen-bond donors (Lipinski definition) is 1. The molecule has 2 rings (SSSR count). The monoisotopic (exact) mass is 237 g/mol. The van der Waals surface area contributed by atoms with Gasteiger partial charge in [0, 0.05) is 17.3 Å². The first-order valence-corrected chi connectivity index (χ1v) is 5.60. The van der Waals surface area contributed by atoms with Crippen LogP contribution in [0.5, 0.6) is 0 Å². The van der Waals surface area contributed by atoms with E-state index in [9.17, 15) is 0 Å². The summed E-state index contributed by atoms with van der Waals surface area (Å²) in [6.07, 6.45) is 1.54. The molecule has 92 valence electrons. The molecule has 1 aliphatic rings. The minimum absolute atomic E-state index is 0.275. The molecule has 0 radical (unpaired) electrons. The van der Waals surface area contributed by atoms with E-state index in [4.69, 9.17) is 13.4 Å². The van der Waals surface area contributed by atoms with Crippen LogP contribution in [0.3, 0.4) is 0 Å². The highest BCUT2D eigenvalue weighted by molar-refractivity contribution is 6.62. The van der Waals surface area contributed by atoms with Crippen LogP contribution in [-0.4, -0.2) is 30.3 Å². The Hall–Kier alpha value is -1.07. The maximum atomic E-state index is 7.20. The van der Waals surface area contributed by atoms with Crippen LogP contribution in [-0.2, 0) is 9.31 Å². The summed E-state index contributed by atoms with van der Waals surface area (Å²) in [6.45, 7) is 5.60. The van der Waals surface area contributed by atoms with Crippen molar-refractivity contribution >= 4 is 18.4 Å². The highest BCUT2D eigenvalue weighted by Gasteiger charge is 2.51. The van der Waals surface area contributed by atoms with Gasteiger partial charge in [-0.05, 0) is 45.3 Å². The van der Waals surface area contributed by atoms with Crippen molar-refractivity contribution in [1.82, 2.24) is 4.98 Å². The molecule has 0 atom stereocenters. The molecule has 1 fully saturated rings. The molecule has 0 spiro atoms. The maximum Gasteiger partial charge on any atom is 0.495 e. The highest BCUT2D eigenvalue weighted by Crippen LogP contribution is 2.36. The second-order valence-corrected chi connectivity index (χ2v) is 5.19. The van der Waals surface area contributed by atoms with Gasteiger partial charge < -0.3 is 14.6 Å². The Morgan fingerprint density at radius 1 is 1.29 bits per heavy atom. The summed E-state index contributed by atoms with van der Waals surface area (Å²) >= 11 is 0. The van der Waals surface area contributed by atoms with E-state index in [-0.39, 0.29) is 5.82 Å². The number of pyridine rings is 1. The fourth-order valence-corrected chi connectivity index (χ4v) is 1.64. The molecule has 0 bridgehead atoms. The van der Waals surface area contributed by atoms with E-state index in [0.717, 1.165) is 5.46 Å². The van der Waals surface area contributed by atoms with Crippen LogP contribution in [0.1, 0.15) is 31.8 Å². The molecule has 17 heavy (non-hydrogen) atoms. The molecule has 1 aliphatic heterocycles. The molecule has 1 N–H and O–H groups in total. The van der Waals surface area contributed by atoms with Gasteiger partial charge in [0.1, 0.15) is 5.82 Å². The van der Waals surface area contributed by atoms with Gasteiger partial charge in [-0.2, -0.15) is 0 Å². The second-order valence-electron chi connectivity index (χ2n) is 5.19. The summed E-state index contributed by atoms with van der Waals surface area (Å²) in [5, 5.41) is 2.36. The first kappa shape index (κ1) is 8.94. The SMILES string of the molecule is [2H]C([2H])([2H])Nc1cc(B2OC(C)(C)C(C)(C)O2)ccn1. The van der Waals surface area contributed by atoms with Crippen molar-refractivity contribution in [1.29, 1.82) is 0 Å². The maximum absolute atomic E-state index is 7.20. The van der Waals surface area contributed by atoms with Gasteiger partial charge in [-0.25, -0.2) is 4.98 Å². The number of anilines is 1. The molecule has 0 aromatic carbocycles. The van der Waals surface area contributed by atoms with Crippen LogP contribution in [0.2, 0.25) is 0 Å². The third-order valence-electron chi connectivity index (χ3n) is 3.44. The third-order valence-corrected chi connectivity index (χ3v) is 3.44. The minimum Gasteiger partial charge on any atom is -0.399 e. The van der Waals surface area contributed by atoms with Crippen molar-refractivity contribution in [2.75, 3.05) is 12.3 Å². The van der Waals surface area contributed by atoms with E-state index < -0.39 is 25.3 Å². The van der Waals surface area contributed by atoms with Crippen molar-refractivity contribution < 1.29 is 13.4 Å². The Morgan fingerprint density at radius 2 is 1.94 bits per heavy atom. The lowest BCUT2D eigenvalue weighted by atomic mass is 9.80. The quantitative estimate of drug-likeness (QED) is 0.790. The Kier molecular flexibility index (Phi) is 2.10. The molecule has 0 amide bonds. The molecular weight excluding hydrogens is 215 g/mol. The van der Waals surface area contributed by atoms with Gasteiger partial charge in [0.05, 0.1) is 11.2 Å². The zero-order chi connectivity index (χ0) is 15.2. The van der Waals surface area contributed by atoms with E-state index in [0.29, 0.717) is 0 Å².